The Morgan fingerprint density at radius 1 is 1.39 bits per heavy atom. The number of nitrogens with two attached hydrogens (primary N) is 1. The molecule has 18 heavy (non-hydrogen) atoms. The van der Waals surface area contributed by atoms with Gasteiger partial charge in [-0.3, -0.25) is 4.79 Å². The second kappa shape index (κ2) is 7.20. The molecule has 0 aromatic carbocycles. The fourth-order valence-electron chi connectivity index (χ4n) is 1.39. The second-order valence-corrected chi connectivity index (χ2v) is 5.24. The molecule has 0 fully saturated rings. The number of hydrogen-bond acceptors (Lipinski definition) is 4. The number of primary amides is 1. The summed E-state index contributed by atoms with van der Waals surface area (Å²) in [6.45, 7) is 7.18. The summed E-state index contributed by atoms with van der Waals surface area (Å²) in [7, 11) is 0. The molecule has 6 heteroatoms. The molecule has 0 saturated carbocycles. The van der Waals surface area contributed by atoms with E-state index >= 15 is 0 Å². The zero-order chi connectivity index (χ0) is 14.3. The van der Waals surface area contributed by atoms with Crippen LogP contribution in [-0.2, 0) is 9.53 Å². The lowest BCUT2D eigenvalue weighted by Crippen LogP contribution is -2.50. The molecule has 0 aromatic rings. The summed E-state index contributed by atoms with van der Waals surface area (Å²) in [5.74, 6) is -0.854. The normalized spacial score (nSPS) is 14.7. The minimum absolute atomic E-state index is 0.472. The van der Waals surface area contributed by atoms with E-state index < -0.39 is 29.7 Å². The summed E-state index contributed by atoms with van der Waals surface area (Å²) < 4.78 is 5.06. The van der Waals surface area contributed by atoms with Gasteiger partial charge in [-0.2, -0.15) is 0 Å². The molecule has 0 saturated heterocycles. The van der Waals surface area contributed by atoms with Gasteiger partial charge in [0.25, 0.3) is 0 Å². The van der Waals surface area contributed by atoms with Gasteiger partial charge in [0.15, 0.2) is 6.10 Å². The molecular formula is C12H24N2O4. The molecule has 0 aromatic heterocycles. The Morgan fingerprint density at radius 2 is 1.94 bits per heavy atom. The highest BCUT2D eigenvalue weighted by Crippen LogP contribution is 2.09. The lowest BCUT2D eigenvalue weighted by atomic mass is 10.0. The molecule has 0 heterocycles. The van der Waals surface area contributed by atoms with E-state index in [1.54, 1.807) is 20.8 Å². The van der Waals surface area contributed by atoms with Crippen LogP contribution in [0.3, 0.4) is 0 Å². The zero-order valence-electron chi connectivity index (χ0n) is 11.5. The monoisotopic (exact) mass is 260 g/mol. The van der Waals surface area contributed by atoms with Crippen molar-refractivity contribution < 1.29 is 19.4 Å². The van der Waals surface area contributed by atoms with E-state index in [1.807, 2.05) is 6.92 Å². The van der Waals surface area contributed by atoms with Crippen molar-refractivity contribution in [1.29, 1.82) is 0 Å². The number of alkyl carbamates (subject to hydrolysis) is 1. The van der Waals surface area contributed by atoms with Gasteiger partial charge < -0.3 is 20.9 Å². The number of rotatable bonds is 6. The van der Waals surface area contributed by atoms with E-state index in [0.717, 1.165) is 12.8 Å². The van der Waals surface area contributed by atoms with Crippen LogP contribution in [-0.4, -0.2) is 34.9 Å². The third-order valence-corrected chi connectivity index (χ3v) is 2.24. The molecule has 4 N–H and O–H groups in total. The highest BCUT2D eigenvalue weighted by molar-refractivity contribution is 5.80. The van der Waals surface area contributed by atoms with E-state index in [9.17, 15) is 14.7 Å². The topological polar surface area (TPSA) is 102 Å². The van der Waals surface area contributed by atoms with Crippen LogP contribution in [0.4, 0.5) is 4.79 Å². The van der Waals surface area contributed by atoms with Gasteiger partial charge in [0, 0.05) is 0 Å². The Balaban J connectivity index is 4.49. The van der Waals surface area contributed by atoms with E-state index in [1.165, 1.54) is 0 Å². The first-order valence-electron chi connectivity index (χ1n) is 6.14. The minimum atomic E-state index is -1.40. The summed E-state index contributed by atoms with van der Waals surface area (Å²) in [5.41, 5.74) is 4.40. The first-order chi connectivity index (χ1) is 8.17. The summed E-state index contributed by atoms with van der Waals surface area (Å²) in [6, 6.07) is -0.711. The molecule has 2 amide bonds. The van der Waals surface area contributed by atoms with Crippen molar-refractivity contribution in [2.24, 2.45) is 5.73 Å². The lowest BCUT2D eigenvalue weighted by molar-refractivity contribution is -0.127. The predicted octanol–water partition coefficient (Wildman–Crippen LogP) is 0.916. The molecule has 0 radical (unpaired) electrons. The maximum atomic E-state index is 11.6. The highest BCUT2D eigenvalue weighted by Gasteiger charge is 2.27. The van der Waals surface area contributed by atoms with Crippen LogP contribution in [0.2, 0.25) is 0 Å². The number of aliphatic hydroxyl groups is 1. The Kier molecular flexibility index (Phi) is 6.68. The lowest BCUT2D eigenvalue weighted by Gasteiger charge is -2.25. The number of amides is 2. The van der Waals surface area contributed by atoms with E-state index in [2.05, 4.69) is 5.32 Å². The fraction of sp³-hybridized carbons (Fsp3) is 0.833. The number of carbonyl (C=O) groups excluding carboxylic acids is 2. The largest absolute Gasteiger partial charge is 0.444 e. The van der Waals surface area contributed by atoms with Gasteiger partial charge in [-0.1, -0.05) is 19.8 Å². The molecule has 0 spiro atoms. The van der Waals surface area contributed by atoms with Crippen molar-refractivity contribution in [2.75, 3.05) is 0 Å². The zero-order valence-corrected chi connectivity index (χ0v) is 11.5. The smallest absolute Gasteiger partial charge is 0.407 e. The maximum Gasteiger partial charge on any atom is 0.407 e. The van der Waals surface area contributed by atoms with Crippen molar-refractivity contribution in [3.8, 4) is 0 Å². The van der Waals surface area contributed by atoms with Crippen LogP contribution in [0.25, 0.3) is 0 Å². The summed E-state index contributed by atoms with van der Waals surface area (Å²) in [5, 5.41) is 12.1. The van der Waals surface area contributed by atoms with Crippen molar-refractivity contribution in [2.45, 2.75) is 64.7 Å². The quantitative estimate of drug-likeness (QED) is 0.660. The van der Waals surface area contributed by atoms with Crippen LogP contribution < -0.4 is 11.1 Å². The van der Waals surface area contributed by atoms with Crippen LogP contribution in [0.15, 0.2) is 0 Å². The third-order valence-electron chi connectivity index (χ3n) is 2.24. The first-order valence-corrected chi connectivity index (χ1v) is 6.14. The van der Waals surface area contributed by atoms with Crippen molar-refractivity contribution in [1.82, 2.24) is 5.32 Å². The molecule has 6 nitrogen and oxygen atoms in total. The van der Waals surface area contributed by atoms with Gasteiger partial charge in [0.05, 0.1) is 6.04 Å². The van der Waals surface area contributed by atoms with Crippen LogP contribution in [0, 0.1) is 0 Å². The number of aliphatic hydroxyl groups excluding tert-OH is 1. The molecule has 0 aliphatic heterocycles. The van der Waals surface area contributed by atoms with Gasteiger partial charge in [-0.05, 0) is 27.2 Å². The van der Waals surface area contributed by atoms with E-state index in [0.29, 0.717) is 6.42 Å². The second-order valence-electron chi connectivity index (χ2n) is 5.24. The maximum absolute atomic E-state index is 11.6. The Morgan fingerprint density at radius 3 is 2.33 bits per heavy atom. The van der Waals surface area contributed by atoms with Gasteiger partial charge >= 0.3 is 6.09 Å². The number of carbonyl (C=O) groups is 2. The van der Waals surface area contributed by atoms with Gasteiger partial charge in [0.2, 0.25) is 5.91 Å². The van der Waals surface area contributed by atoms with Gasteiger partial charge in [-0.25, -0.2) is 4.79 Å². The standard InChI is InChI=1S/C12H24N2O4/c1-5-6-7-8(9(15)10(13)16)14-11(17)18-12(2,3)4/h8-9,15H,5-7H2,1-4H3,(H2,13,16)(H,14,17)/t8-,9?/m0/s1. The van der Waals surface area contributed by atoms with Crippen molar-refractivity contribution in [3.63, 3.8) is 0 Å². The Bertz CT molecular complexity index is 286. The van der Waals surface area contributed by atoms with E-state index in [-0.39, 0.29) is 0 Å². The molecule has 0 aliphatic carbocycles. The molecular weight excluding hydrogens is 236 g/mol. The number of nitrogens with one attached hydrogen (secondary N) is 1. The van der Waals surface area contributed by atoms with Crippen molar-refractivity contribution >= 4 is 12.0 Å². The predicted molar refractivity (Wildman–Crippen MR) is 67.9 cm³/mol. The molecule has 1 unspecified atom stereocenters. The number of hydrogen-bond donors (Lipinski definition) is 3. The Labute approximate surface area is 108 Å². The first kappa shape index (κ1) is 16.7. The number of ether oxygens (including phenoxy) is 1. The molecule has 106 valence electrons. The van der Waals surface area contributed by atoms with Crippen LogP contribution in [0.1, 0.15) is 47.0 Å². The van der Waals surface area contributed by atoms with Crippen LogP contribution >= 0.6 is 0 Å². The SMILES string of the molecule is CCCC[C@H](NC(=O)OC(C)(C)C)C(O)C(N)=O. The molecule has 2 atom stereocenters. The summed E-state index contributed by atoms with van der Waals surface area (Å²) in [4.78, 5) is 22.5. The average molecular weight is 260 g/mol. The number of unbranched alkanes of at least 4 members (excludes halogenated alkanes) is 1. The average Bonchev–Trinajstić information content (AvgIpc) is 2.20. The summed E-state index contributed by atoms with van der Waals surface area (Å²) in [6.07, 6.45) is 0.0656. The van der Waals surface area contributed by atoms with Gasteiger partial charge in [-0.15, -0.1) is 0 Å². The third kappa shape index (κ3) is 7.11. The minimum Gasteiger partial charge on any atom is -0.444 e. The molecule has 0 aliphatic rings. The van der Waals surface area contributed by atoms with Gasteiger partial charge in [0.1, 0.15) is 5.60 Å². The Hall–Kier alpha value is -1.30. The highest BCUT2D eigenvalue weighted by atomic mass is 16.6. The van der Waals surface area contributed by atoms with Crippen LogP contribution in [0.5, 0.6) is 0 Å². The fourth-order valence-corrected chi connectivity index (χ4v) is 1.39. The molecule has 0 rings (SSSR count). The molecule has 0 bridgehead atoms. The van der Waals surface area contributed by atoms with E-state index in [4.69, 9.17) is 10.5 Å². The summed E-state index contributed by atoms with van der Waals surface area (Å²) >= 11 is 0. The van der Waals surface area contributed by atoms with Crippen molar-refractivity contribution in [3.05, 3.63) is 0 Å².